The molecule has 0 bridgehead atoms. The highest BCUT2D eigenvalue weighted by Gasteiger charge is 2.24. The van der Waals surface area contributed by atoms with Crippen LogP contribution in [0.1, 0.15) is 34.7 Å². The van der Waals surface area contributed by atoms with Crippen LogP contribution in [0, 0.1) is 13.8 Å². The summed E-state index contributed by atoms with van der Waals surface area (Å²) in [6.07, 6.45) is 1.14. The van der Waals surface area contributed by atoms with Gasteiger partial charge in [-0.1, -0.05) is 12.2 Å². The van der Waals surface area contributed by atoms with Gasteiger partial charge in [-0.3, -0.25) is 4.79 Å². The number of nitrogens with one attached hydrogen (secondary N) is 1. The Morgan fingerprint density at radius 1 is 1.20 bits per heavy atom. The molecule has 1 heterocycles. The lowest BCUT2D eigenvalue weighted by Crippen LogP contribution is -2.24. The van der Waals surface area contributed by atoms with Crippen LogP contribution < -0.4 is 5.43 Å². The second-order valence-corrected chi connectivity index (χ2v) is 3.81. The van der Waals surface area contributed by atoms with Crippen molar-refractivity contribution in [2.24, 2.45) is 0 Å². The Morgan fingerprint density at radius 2 is 1.80 bits per heavy atom. The molecule has 4 heteroatoms. The Morgan fingerprint density at radius 3 is 2.47 bits per heavy atom. The molecule has 0 spiro atoms. The van der Waals surface area contributed by atoms with Crippen molar-refractivity contribution in [1.29, 1.82) is 0 Å². The van der Waals surface area contributed by atoms with Crippen LogP contribution in [0.15, 0.2) is 16.9 Å². The zero-order valence-electron chi connectivity index (χ0n) is 8.61. The van der Waals surface area contributed by atoms with E-state index in [1.54, 1.807) is 13.8 Å². The van der Waals surface area contributed by atoms with Crippen LogP contribution >= 0.6 is 0 Å². The SMILES string of the molecule is Cc1[nH]c2c(c(=O)c1C)C(O)C=CC2O. The topological polar surface area (TPSA) is 73.3 Å². The fourth-order valence-corrected chi connectivity index (χ4v) is 1.79. The van der Waals surface area contributed by atoms with Gasteiger partial charge in [-0.25, -0.2) is 0 Å². The predicted octanol–water partition coefficient (Wildman–Crippen LogP) is 0.628. The number of aromatic amines is 1. The number of fused-ring (bicyclic) bond motifs is 1. The third-order valence-electron chi connectivity index (χ3n) is 2.83. The number of pyridine rings is 1. The van der Waals surface area contributed by atoms with Crippen molar-refractivity contribution in [3.05, 3.63) is 44.9 Å². The first-order valence-corrected chi connectivity index (χ1v) is 4.80. The molecular weight excluding hydrogens is 194 g/mol. The average molecular weight is 207 g/mol. The zero-order chi connectivity index (χ0) is 11.2. The summed E-state index contributed by atoms with van der Waals surface area (Å²) < 4.78 is 0. The summed E-state index contributed by atoms with van der Waals surface area (Å²) in [6, 6.07) is 0. The van der Waals surface area contributed by atoms with Crippen LogP contribution in [-0.2, 0) is 0 Å². The molecule has 3 N–H and O–H groups in total. The van der Waals surface area contributed by atoms with E-state index in [1.807, 2.05) is 0 Å². The summed E-state index contributed by atoms with van der Waals surface area (Å²) in [7, 11) is 0. The quantitative estimate of drug-likeness (QED) is 0.546. The number of rotatable bonds is 0. The second-order valence-electron chi connectivity index (χ2n) is 3.81. The first-order valence-electron chi connectivity index (χ1n) is 4.80. The largest absolute Gasteiger partial charge is 0.384 e. The molecule has 1 aliphatic rings. The zero-order valence-corrected chi connectivity index (χ0v) is 8.61. The van der Waals surface area contributed by atoms with E-state index in [-0.39, 0.29) is 11.0 Å². The molecule has 0 saturated carbocycles. The van der Waals surface area contributed by atoms with Crippen molar-refractivity contribution in [2.75, 3.05) is 0 Å². The van der Waals surface area contributed by atoms with E-state index in [9.17, 15) is 15.0 Å². The van der Waals surface area contributed by atoms with Gasteiger partial charge < -0.3 is 15.2 Å². The van der Waals surface area contributed by atoms with E-state index in [4.69, 9.17) is 0 Å². The van der Waals surface area contributed by atoms with Gasteiger partial charge in [0.05, 0.1) is 11.3 Å². The molecule has 0 saturated heterocycles. The third kappa shape index (κ3) is 1.42. The second kappa shape index (κ2) is 3.32. The first kappa shape index (κ1) is 10.1. The highest BCUT2D eigenvalue weighted by Crippen LogP contribution is 2.27. The summed E-state index contributed by atoms with van der Waals surface area (Å²) in [5, 5.41) is 19.3. The van der Waals surface area contributed by atoms with Crippen LogP contribution in [0.5, 0.6) is 0 Å². The molecule has 1 aromatic heterocycles. The van der Waals surface area contributed by atoms with Gasteiger partial charge in [0.25, 0.3) is 0 Å². The maximum Gasteiger partial charge on any atom is 0.191 e. The van der Waals surface area contributed by atoms with Crippen molar-refractivity contribution in [3.8, 4) is 0 Å². The fourth-order valence-electron chi connectivity index (χ4n) is 1.79. The highest BCUT2D eigenvalue weighted by atomic mass is 16.3. The lowest BCUT2D eigenvalue weighted by Gasteiger charge is -2.21. The van der Waals surface area contributed by atoms with Gasteiger partial charge in [0.15, 0.2) is 5.43 Å². The van der Waals surface area contributed by atoms with Crippen molar-refractivity contribution in [1.82, 2.24) is 4.98 Å². The fraction of sp³-hybridized carbons (Fsp3) is 0.364. The molecule has 2 unspecified atom stereocenters. The van der Waals surface area contributed by atoms with Crippen LogP contribution in [-0.4, -0.2) is 15.2 Å². The van der Waals surface area contributed by atoms with Crippen LogP contribution in [0.3, 0.4) is 0 Å². The molecule has 1 aliphatic carbocycles. The van der Waals surface area contributed by atoms with Gasteiger partial charge in [0, 0.05) is 11.3 Å². The minimum atomic E-state index is -0.925. The van der Waals surface area contributed by atoms with Crippen molar-refractivity contribution in [2.45, 2.75) is 26.1 Å². The third-order valence-corrected chi connectivity index (χ3v) is 2.83. The van der Waals surface area contributed by atoms with E-state index >= 15 is 0 Å². The van der Waals surface area contributed by atoms with E-state index < -0.39 is 12.2 Å². The van der Waals surface area contributed by atoms with E-state index in [0.717, 1.165) is 5.69 Å². The summed E-state index contributed by atoms with van der Waals surface area (Å²) in [5.41, 5.74) is 1.76. The molecular formula is C11H13NO3. The summed E-state index contributed by atoms with van der Waals surface area (Å²) in [6.45, 7) is 3.47. The number of aliphatic hydroxyl groups excluding tert-OH is 2. The molecule has 0 radical (unpaired) electrons. The number of hydrogen-bond acceptors (Lipinski definition) is 3. The molecule has 0 amide bonds. The minimum Gasteiger partial charge on any atom is -0.384 e. The van der Waals surface area contributed by atoms with Gasteiger partial charge in [0.2, 0.25) is 0 Å². The lowest BCUT2D eigenvalue weighted by atomic mass is 9.95. The van der Waals surface area contributed by atoms with Crippen molar-refractivity contribution in [3.63, 3.8) is 0 Å². The minimum absolute atomic E-state index is 0.197. The standard InChI is InChI=1S/C11H13NO3/c1-5-6(2)12-10-8(14)4-3-7(13)9(10)11(5)15/h3-4,7-8,13-14H,1-2H3,(H,12,15). The van der Waals surface area contributed by atoms with Gasteiger partial charge in [-0.2, -0.15) is 0 Å². The molecule has 2 rings (SSSR count). The predicted molar refractivity (Wildman–Crippen MR) is 55.6 cm³/mol. The van der Waals surface area contributed by atoms with E-state index in [0.29, 0.717) is 11.3 Å². The number of aliphatic hydroxyl groups is 2. The molecule has 0 aliphatic heterocycles. The van der Waals surface area contributed by atoms with E-state index in [1.165, 1.54) is 12.2 Å². The Balaban J connectivity index is 2.78. The number of hydrogen-bond donors (Lipinski definition) is 3. The van der Waals surface area contributed by atoms with Crippen LogP contribution in [0.25, 0.3) is 0 Å². The smallest absolute Gasteiger partial charge is 0.191 e. The van der Waals surface area contributed by atoms with E-state index in [2.05, 4.69) is 4.98 Å². The van der Waals surface area contributed by atoms with Gasteiger partial charge in [-0.15, -0.1) is 0 Å². The maximum absolute atomic E-state index is 11.9. The molecule has 0 aromatic carbocycles. The Bertz CT molecular complexity index is 487. The number of aryl methyl sites for hydroxylation is 1. The van der Waals surface area contributed by atoms with Crippen LogP contribution in [0.2, 0.25) is 0 Å². The van der Waals surface area contributed by atoms with Gasteiger partial charge >= 0.3 is 0 Å². The molecule has 15 heavy (non-hydrogen) atoms. The number of H-pyrrole nitrogens is 1. The molecule has 1 aromatic rings. The van der Waals surface area contributed by atoms with Crippen LogP contribution in [0.4, 0.5) is 0 Å². The normalized spacial score (nSPS) is 24.0. The van der Waals surface area contributed by atoms with Crippen molar-refractivity contribution < 1.29 is 10.2 Å². The van der Waals surface area contributed by atoms with Gasteiger partial charge in [-0.05, 0) is 13.8 Å². The molecule has 4 nitrogen and oxygen atoms in total. The lowest BCUT2D eigenvalue weighted by molar-refractivity contribution is 0.183. The summed E-state index contributed by atoms with van der Waals surface area (Å²) in [4.78, 5) is 14.8. The molecule has 2 atom stereocenters. The Labute approximate surface area is 86.9 Å². The Hall–Kier alpha value is -1.39. The average Bonchev–Trinajstić information content (AvgIpc) is 2.20. The Kier molecular flexibility index (Phi) is 2.25. The molecule has 0 fully saturated rings. The van der Waals surface area contributed by atoms with Gasteiger partial charge in [0.1, 0.15) is 12.2 Å². The summed E-state index contributed by atoms with van der Waals surface area (Å²) >= 11 is 0. The van der Waals surface area contributed by atoms with Crippen molar-refractivity contribution >= 4 is 0 Å². The highest BCUT2D eigenvalue weighted by molar-refractivity contribution is 5.38. The number of aromatic nitrogens is 1. The monoisotopic (exact) mass is 207 g/mol. The summed E-state index contributed by atoms with van der Waals surface area (Å²) in [5.74, 6) is 0. The first-order chi connectivity index (χ1) is 7.02. The maximum atomic E-state index is 11.9. The molecule has 80 valence electrons.